The number of likely N-dealkylation sites (tertiary alicyclic amines) is 1. The van der Waals surface area contributed by atoms with Crippen LogP contribution in [0.3, 0.4) is 0 Å². The average Bonchev–Trinajstić information content (AvgIpc) is 3.06. The summed E-state index contributed by atoms with van der Waals surface area (Å²) < 4.78 is 0. The number of nitrogens with one attached hydrogen (secondary N) is 1. The van der Waals surface area contributed by atoms with Crippen LogP contribution in [0.25, 0.3) is 0 Å². The van der Waals surface area contributed by atoms with Crippen molar-refractivity contribution in [3.05, 3.63) is 71.3 Å². The molecule has 5 heteroatoms. The fourth-order valence-corrected chi connectivity index (χ4v) is 4.39. The minimum absolute atomic E-state index is 0.0451. The highest BCUT2D eigenvalue weighted by Gasteiger charge is 2.28. The normalized spacial score (nSPS) is 17.4. The van der Waals surface area contributed by atoms with Crippen molar-refractivity contribution in [2.24, 2.45) is 5.92 Å². The second-order valence-corrected chi connectivity index (χ2v) is 8.14. The largest absolute Gasteiger partial charge is 0.353 e. The Bertz CT molecular complexity index is 844. The third kappa shape index (κ3) is 5.04. The van der Waals surface area contributed by atoms with E-state index in [1.54, 1.807) is 4.90 Å². The van der Waals surface area contributed by atoms with E-state index in [0.29, 0.717) is 13.1 Å². The smallest absolute Gasteiger partial charge is 0.254 e. The summed E-state index contributed by atoms with van der Waals surface area (Å²) in [5.41, 5.74) is 3.15. The summed E-state index contributed by atoms with van der Waals surface area (Å²) in [6, 6.07) is 18.3. The van der Waals surface area contributed by atoms with Crippen molar-refractivity contribution in [2.45, 2.75) is 25.8 Å². The van der Waals surface area contributed by atoms with Gasteiger partial charge in [-0.3, -0.25) is 9.59 Å². The van der Waals surface area contributed by atoms with E-state index in [9.17, 15) is 9.59 Å². The van der Waals surface area contributed by atoms with Crippen LogP contribution in [-0.2, 0) is 17.8 Å². The molecule has 5 nitrogen and oxygen atoms in total. The maximum atomic E-state index is 12.4. The number of carbonyl (C=O) groups is 2. The van der Waals surface area contributed by atoms with Crippen LogP contribution in [0.1, 0.15) is 34.3 Å². The zero-order valence-electron chi connectivity index (χ0n) is 16.8. The van der Waals surface area contributed by atoms with E-state index in [4.69, 9.17) is 0 Å². The molecule has 0 spiro atoms. The number of hydrogen-bond donors (Lipinski definition) is 1. The molecule has 1 N–H and O–H groups in total. The average molecular weight is 392 g/mol. The number of piperidine rings is 1. The molecule has 2 aliphatic heterocycles. The lowest BCUT2D eigenvalue weighted by molar-refractivity contribution is -0.121. The van der Waals surface area contributed by atoms with E-state index in [2.05, 4.69) is 40.5 Å². The molecule has 152 valence electrons. The summed E-state index contributed by atoms with van der Waals surface area (Å²) in [6.45, 7) is 4.35. The van der Waals surface area contributed by atoms with Crippen LogP contribution in [0.5, 0.6) is 0 Å². The summed E-state index contributed by atoms with van der Waals surface area (Å²) in [5.74, 6) is 0.632. The molecule has 29 heavy (non-hydrogen) atoms. The Hall–Kier alpha value is -2.66. The Morgan fingerprint density at radius 1 is 1.00 bits per heavy atom. The van der Waals surface area contributed by atoms with E-state index in [-0.39, 0.29) is 18.4 Å². The number of nitrogens with zero attached hydrogens (tertiary/aromatic N) is 2. The van der Waals surface area contributed by atoms with Crippen molar-refractivity contribution in [3.63, 3.8) is 0 Å². The van der Waals surface area contributed by atoms with Gasteiger partial charge in [-0.05, 0) is 55.5 Å². The summed E-state index contributed by atoms with van der Waals surface area (Å²) >= 11 is 0. The van der Waals surface area contributed by atoms with Crippen LogP contribution in [0, 0.1) is 5.92 Å². The molecule has 4 rings (SSSR count). The van der Waals surface area contributed by atoms with Gasteiger partial charge < -0.3 is 15.1 Å². The monoisotopic (exact) mass is 391 g/mol. The standard InChI is InChI=1S/C24H29N3O2/c28-23(18-27-17-21-8-4-5-9-22(21)24(27)29)25-12-15-26-13-10-20(11-14-26)16-19-6-2-1-3-7-19/h1-9,20H,10-18H2,(H,25,28). The molecule has 2 aromatic rings. The Morgan fingerprint density at radius 3 is 2.48 bits per heavy atom. The predicted octanol–water partition coefficient (Wildman–Crippen LogP) is 2.71. The van der Waals surface area contributed by atoms with Gasteiger partial charge in [-0.15, -0.1) is 0 Å². The molecule has 0 radical (unpaired) electrons. The third-order valence-electron chi connectivity index (χ3n) is 6.06. The van der Waals surface area contributed by atoms with Crippen LogP contribution in [0.15, 0.2) is 54.6 Å². The van der Waals surface area contributed by atoms with Crippen LogP contribution >= 0.6 is 0 Å². The summed E-state index contributed by atoms with van der Waals surface area (Å²) in [7, 11) is 0. The van der Waals surface area contributed by atoms with Crippen molar-refractivity contribution in [1.29, 1.82) is 0 Å². The molecule has 0 bridgehead atoms. The third-order valence-corrected chi connectivity index (χ3v) is 6.06. The summed E-state index contributed by atoms with van der Waals surface area (Å²) in [5, 5.41) is 2.98. The maximum Gasteiger partial charge on any atom is 0.254 e. The van der Waals surface area contributed by atoms with Gasteiger partial charge in [0.05, 0.1) is 0 Å². The second-order valence-electron chi connectivity index (χ2n) is 8.14. The van der Waals surface area contributed by atoms with Gasteiger partial charge in [0.15, 0.2) is 0 Å². The van der Waals surface area contributed by atoms with E-state index in [1.165, 1.54) is 18.4 Å². The minimum atomic E-state index is -0.0786. The lowest BCUT2D eigenvalue weighted by Crippen LogP contribution is -2.42. The molecular formula is C24H29N3O2. The van der Waals surface area contributed by atoms with Crippen LogP contribution in [-0.4, -0.2) is 54.3 Å². The first kappa shape index (κ1) is 19.6. The van der Waals surface area contributed by atoms with E-state index in [0.717, 1.165) is 43.1 Å². The van der Waals surface area contributed by atoms with Gasteiger partial charge >= 0.3 is 0 Å². The first-order chi connectivity index (χ1) is 14.2. The lowest BCUT2D eigenvalue weighted by Gasteiger charge is -2.32. The van der Waals surface area contributed by atoms with Gasteiger partial charge in [-0.1, -0.05) is 48.5 Å². The molecule has 2 amide bonds. The van der Waals surface area contributed by atoms with Crippen LogP contribution < -0.4 is 5.32 Å². The Labute approximate surface area is 172 Å². The molecular weight excluding hydrogens is 362 g/mol. The van der Waals surface area contributed by atoms with Crippen molar-refractivity contribution in [2.75, 3.05) is 32.7 Å². The van der Waals surface area contributed by atoms with Crippen molar-refractivity contribution in [3.8, 4) is 0 Å². The van der Waals surface area contributed by atoms with E-state index in [1.807, 2.05) is 24.3 Å². The first-order valence-electron chi connectivity index (χ1n) is 10.6. The van der Waals surface area contributed by atoms with Gasteiger partial charge in [0.2, 0.25) is 5.91 Å². The molecule has 0 saturated carbocycles. The fourth-order valence-electron chi connectivity index (χ4n) is 4.39. The van der Waals surface area contributed by atoms with Crippen LogP contribution in [0.2, 0.25) is 0 Å². The highest BCUT2D eigenvalue weighted by molar-refractivity contribution is 6.00. The molecule has 0 atom stereocenters. The van der Waals surface area contributed by atoms with Crippen molar-refractivity contribution < 1.29 is 9.59 Å². The number of rotatable bonds is 7. The molecule has 0 aliphatic carbocycles. The van der Waals surface area contributed by atoms with Gasteiger partial charge in [0.1, 0.15) is 6.54 Å². The fraction of sp³-hybridized carbons (Fsp3) is 0.417. The molecule has 1 fully saturated rings. The number of fused-ring (bicyclic) bond motifs is 1. The lowest BCUT2D eigenvalue weighted by atomic mass is 9.90. The molecule has 0 unspecified atom stereocenters. The van der Waals surface area contributed by atoms with Gasteiger partial charge in [0, 0.05) is 25.2 Å². The topological polar surface area (TPSA) is 52.7 Å². The van der Waals surface area contributed by atoms with Crippen molar-refractivity contribution >= 4 is 11.8 Å². The molecule has 2 aromatic carbocycles. The minimum Gasteiger partial charge on any atom is -0.353 e. The van der Waals surface area contributed by atoms with Gasteiger partial charge in [-0.2, -0.15) is 0 Å². The van der Waals surface area contributed by atoms with E-state index < -0.39 is 0 Å². The SMILES string of the molecule is O=C(CN1Cc2ccccc2C1=O)NCCN1CCC(Cc2ccccc2)CC1. The highest BCUT2D eigenvalue weighted by atomic mass is 16.2. The van der Waals surface area contributed by atoms with Gasteiger partial charge in [-0.25, -0.2) is 0 Å². The predicted molar refractivity (Wildman–Crippen MR) is 114 cm³/mol. The second kappa shape index (κ2) is 9.23. The van der Waals surface area contributed by atoms with Crippen LogP contribution in [0.4, 0.5) is 0 Å². The highest BCUT2D eigenvalue weighted by Crippen LogP contribution is 2.22. The number of hydrogen-bond acceptors (Lipinski definition) is 3. The van der Waals surface area contributed by atoms with E-state index >= 15 is 0 Å². The number of amides is 2. The zero-order chi connectivity index (χ0) is 20.1. The molecule has 2 heterocycles. The Kier molecular flexibility index (Phi) is 6.25. The first-order valence-corrected chi connectivity index (χ1v) is 10.6. The Morgan fingerprint density at radius 2 is 1.72 bits per heavy atom. The number of benzene rings is 2. The summed E-state index contributed by atoms with van der Waals surface area (Å²) in [6.07, 6.45) is 3.59. The summed E-state index contributed by atoms with van der Waals surface area (Å²) in [4.78, 5) is 28.7. The van der Waals surface area contributed by atoms with Crippen molar-refractivity contribution in [1.82, 2.24) is 15.1 Å². The molecule has 1 saturated heterocycles. The maximum absolute atomic E-state index is 12.4. The molecule has 0 aromatic heterocycles. The zero-order valence-corrected chi connectivity index (χ0v) is 16.8. The van der Waals surface area contributed by atoms with Gasteiger partial charge in [0.25, 0.3) is 5.91 Å². The Balaban J connectivity index is 1.13. The number of carbonyl (C=O) groups excluding carboxylic acids is 2. The molecule has 2 aliphatic rings. The quantitative estimate of drug-likeness (QED) is 0.790.